The van der Waals surface area contributed by atoms with Crippen LogP contribution in [0.15, 0.2) is 0 Å². The second-order valence-electron chi connectivity index (χ2n) is 5.73. The first-order valence-corrected chi connectivity index (χ1v) is 7.35. The zero-order valence-corrected chi connectivity index (χ0v) is 11.3. The third-order valence-corrected chi connectivity index (χ3v) is 4.31. The van der Waals surface area contributed by atoms with E-state index in [-0.39, 0.29) is 0 Å². The summed E-state index contributed by atoms with van der Waals surface area (Å²) in [6, 6.07) is 0. The molecule has 100 valence electrons. The van der Waals surface area contributed by atoms with Crippen molar-refractivity contribution in [2.24, 2.45) is 5.41 Å². The Hall–Kier alpha value is -0.120. The van der Waals surface area contributed by atoms with Gasteiger partial charge in [-0.3, -0.25) is 0 Å². The summed E-state index contributed by atoms with van der Waals surface area (Å²) in [6.07, 6.45) is 6.69. The van der Waals surface area contributed by atoms with Crippen LogP contribution in [0, 0.1) is 5.41 Å². The summed E-state index contributed by atoms with van der Waals surface area (Å²) >= 11 is 0. The standard InChI is InChI=1S/C14H28N2O/c1-2-15-12-14(6-10-17-11-7-14)13-16-8-4-3-5-9-16/h15H,2-13H2,1H3. The van der Waals surface area contributed by atoms with Gasteiger partial charge in [-0.05, 0) is 50.7 Å². The van der Waals surface area contributed by atoms with Gasteiger partial charge in [0.2, 0.25) is 0 Å². The number of ether oxygens (including phenoxy) is 1. The minimum absolute atomic E-state index is 0.478. The van der Waals surface area contributed by atoms with Crippen LogP contribution < -0.4 is 5.32 Å². The third kappa shape index (κ3) is 3.94. The lowest BCUT2D eigenvalue weighted by Gasteiger charge is -2.42. The molecule has 0 radical (unpaired) electrons. The van der Waals surface area contributed by atoms with Crippen molar-refractivity contribution in [2.75, 3.05) is 45.9 Å². The molecular weight excluding hydrogens is 212 g/mol. The monoisotopic (exact) mass is 240 g/mol. The quantitative estimate of drug-likeness (QED) is 0.794. The topological polar surface area (TPSA) is 24.5 Å². The molecule has 0 bridgehead atoms. The average Bonchev–Trinajstić information content (AvgIpc) is 2.39. The molecule has 0 aromatic carbocycles. The molecule has 0 atom stereocenters. The normalized spacial score (nSPS) is 25.9. The van der Waals surface area contributed by atoms with Crippen LogP contribution >= 0.6 is 0 Å². The van der Waals surface area contributed by atoms with Gasteiger partial charge in [0, 0.05) is 26.3 Å². The molecule has 2 aliphatic rings. The van der Waals surface area contributed by atoms with E-state index in [0.29, 0.717) is 5.41 Å². The van der Waals surface area contributed by atoms with E-state index >= 15 is 0 Å². The Balaban J connectivity index is 1.88. The lowest BCUT2D eigenvalue weighted by Crippen LogP contribution is -2.48. The van der Waals surface area contributed by atoms with Crippen LogP contribution in [0.3, 0.4) is 0 Å². The van der Waals surface area contributed by atoms with Crippen molar-refractivity contribution in [3.05, 3.63) is 0 Å². The third-order valence-electron chi connectivity index (χ3n) is 4.31. The number of rotatable bonds is 5. The van der Waals surface area contributed by atoms with Crippen LogP contribution in [-0.2, 0) is 4.74 Å². The Bertz CT molecular complexity index is 208. The van der Waals surface area contributed by atoms with Crippen LogP contribution in [0.25, 0.3) is 0 Å². The fraction of sp³-hybridized carbons (Fsp3) is 1.00. The average molecular weight is 240 g/mol. The Morgan fingerprint density at radius 1 is 1.12 bits per heavy atom. The highest BCUT2D eigenvalue weighted by molar-refractivity contribution is 4.87. The molecule has 3 heteroatoms. The summed E-state index contributed by atoms with van der Waals surface area (Å²) < 4.78 is 5.55. The molecule has 2 rings (SSSR count). The maximum absolute atomic E-state index is 5.55. The van der Waals surface area contributed by atoms with Crippen molar-refractivity contribution in [1.82, 2.24) is 10.2 Å². The van der Waals surface area contributed by atoms with E-state index in [4.69, 9.17) is 4.74 Å². The van der Waals surface area contributed by atoms with E-state index < -0.39 is 0 Å². The van der Waals surface area contributed by atoms with Gasteiger partial charge in [0.15, 0.2) is 0 Å². The number of nitrogens with zero attached hydrogens (tertiary/aromatic N) is 1. The summed E-state index contributed by atoms with van der Waals surface area (Å²) in [5, 5.41) is 3.57. The highest BCUT2D eigenvalue weighted by atomic mass is 16.5. The van der Waals surface area contributed by atoms with Crippen molar-refractivity contribution in [3.8, 4) is 0 Å². The number of nitrogens with one attached hydrogen (secondary N) is 1. The first kappa shape index (κ1) is 13.3. The first-order chi connectivity index (χ1) is 8.35. The van der Waals surface area contributed by atoms with Gasteiger partial charge >= 0.3 is 0 Å². The summed E-state index contributed by atoms with van der Waals surface area (Å²) in [5.41, 5.74) is 0.478. The molecule has 0 unspecified atom stereocenters. The van der Waals surface area contributed by atoms with Crippen LogP contribution in [0.5, 0.6) is 0 Å². The fourth-order valence-corrected chi connectivity index (χ4v) is 3.18. The van der Waals surface area contributed by atoms with E-state index in [1.54, 1.807) is 0 Å². The van der Waals surface area contributed by atoms with Crippen LogP contribution in [0.4, 0.5) is 0 Å². The van der Waals surface area contributed by atoms with E-state index in [2.05, 4.69) is 17.1 Å². The zero-order valence-electron chi connectivity index (χ0n) is 11.3. The smallest absolute Gasteiger partial charge is 0.0472 e. The molecule has 1 N–H and O–H groups in total. The number of piperidine rings is 1. The summed E-state index contributed by atoms with van der Waals surface area (Å²) in [5.74, 6) is 0. The van der Waals surface area contributed by atoms with Gasteiger partial charge < -0.3 is 15.0 Å². The second kappa shape index (κ2) is 6.72. The highest BCUT2D eigenvalue weighted by Crippen LogP contribution is 2.31. The maximum atomic E-state index is 5.55. The van der Waals surface area contributed by atoms with Gasteiger partial charge in [0.25, 0.3) is 0 Å². The second-order valence-corrected chi connectivity index (χ2v) is 5.73. The lowest BCUT2D eigenvalue weighted by molar-refractivity contribution is -0.00688. The van der Waals surface area contributed by atoms with Crippen molar-refractivity contribution in [2.45, 2.75) is 39.0 Å². The van der Waals surface area contributed by atoms with Crippen LogP contribution in [0.1, 0.15) is 39.0 Å². The van der Waals surface area contributed by atoms with Gasteiger partial charge in [0.05, 0.1) is 0 Å². The molecule has 17 heavy (non-hydrogen) atoms. The molecule has 2 heterocycles. The Kier molecular flexibility index (Phi) is 5.26. The minimum Gasteiger partial charge on any atom is -0.381 e. The van der Waals surface area contributed by atoms with Crippen LogP contribution in [0.2, 0.25) is 0 Å². The molecular formula is C14H28N2O. The largest absolute Gasteiger partial charge is 0.381 e. The highest BCUT2D eigenvalue weighted by Gasteiger charge is 2.34. The minimum atomic E-state index is 0.478. The molecule has 2 fully saturated rings. The van der Waals surface area contributed by atoms with Gasteiger partial charge in [0.1, 0.15) is 0 Å². The van der Waals surface area contributed by atoms with Gasteiger partial charge in [-0.2, -0.15) is 0 Å². The van der Waals surface area contributed by atoms with Crippen molar-refractivity contribution in [1.29, 1.82) is 0 Å². The van der Waals surface area contributed by atoms with E-state index in [9.17, 15) is 0 Å². The molecule has 0 spiro atoms. The van der Waals surface area contributed by atoms with E-state index in [1.807, 2.05) is 0 Å². The number of hydrogen-bond acceptors (Lipinski definition) is 3. The zero-order chi connectivity index (χ0) is 12.0. The van der Waals surface area contributed by atoms with Gasteiger partial charge in [-0.1, -0.05) is 13.3 Å². The maximum Gasteiger partial charge on any atom is 0.0472 e. The first-order valence-electron chi connectivity index (χ1n) is 7.35. The van der Waals surface area contributed by atoms with Crippen LogP contribution in [-0.4, -0.2) is 50.8 Å². The number of likely N-dealkylation sites (tertiary alicyclic amines) is 1. The van der Waals surface area contributed by atoms with Crippen molar-refractivity contribution < 1.29 is 4.74 Å². The van der Waals surface area contributed by atoms with Crippen molar-refractivity contribution >= 4 is 0 Å². The predicted octanol–water partition coefficient (Wildman–Crippen LogP) is 1.88. The molecule has 2 aliphatic heterocycles. The van der Waals surface area contributed by atoms with E-state index in [1.165, 1.54) is 58.3 Å². The van der Waals surface area contributed by atoms with Gasteiger partial charge in [-0.15, -0.1) is 0 Å². The number of hydrogen-bond donors (Lipinski definition) is 1. The van der Waals surface area contributed by atoms with E-state index in [0.717, 1.165) is 19.8 Å². The van der Waals surface area contributed by atoms with Gasteiger partial charge in [-0.25, -0.2) is 0 Å². The summed E-state index contributed by atoms with van der Waals surface area (Å²) in [7, 11) is 0. The SMILES string of the molecule is CCNCC1(CN2CCCCC2)CCOCC1. The molecule has 0 saturated carbocycles. The summed E-state index contributed by atoms with van der Waals surface area (Å²) in [4.78, 5) is 2.69. The Morgan fingerprint density at radius 2 is 1.82 bits per heavy atom. The predicted molar refractivity (Wildman–Crippen MR) is 71.3 cm³/mol. The van der Waals surface area contributed by atoms with Crippen molar-refractivity contribution in [3.63, 3.8) is 0 Å². The molecule has 0 aromatic rings. The Morgan fingerprint density at radius 3 is 2.47 bits per heavy atom. The fourth-order valence-electron chi connectivity index (χ4n) is 3.18. The molecule has 0 aliphatic carbocycles. The molecule has 0 aromatic heterocycles. The summed E-state index contributed by atoms with van der Waals surface area (Å²) in [6.45, 7) is 10.3. The molecule has 2 saturated heterocycles. The Labute approximate surface area is 106 Å². The molecule has 0 amide bonds. The lowest BCUT2D eigenvalue weighted by atomic mass is 9.79. The molecule has 3 nitrogen and oxygen atoms in total.